The Bertz CT molecular complexity index is 854. The van der Waals surface area contributed by atoms with Crippen LogP contribution in [0.5, 0.6) is 0 Å². The lowest BCUT2D eigenvalue weighted by Gasteiger charge is -2.40. The SMILES string of the molecule is Cc1ccc(C(O)(c2ccc(C)cc2)[C@@H]2CCCN2Cc2ccccc2)cc1. The molecule has 3 aromatic carbocycles. The van der Waals surface area contributed by atoms with Gasteiger partial charge in [-0.05, 0) is 49.9 Å². The number of benzene rings is 3. The van der Waals surface area contributed by atoms with E-state index >= 15 is 0 Å². The first-order valence-electron chi connectivity index (χ1n) is 10.2. The van der Waals surface area contributed by atoms with E-state index < -0.39 is 5.60 Å². The third-order valence-electron chi connectivity index (χ3n) is 6.06. The van der Waals surface area contributed by atoms with Crippen LogP contribution in [-0.4, -0.2) is 22.6 Å². The summed E-state index contributed by atoms with van der Waals surface area (Å²) < 4.78 is 0. The third-order valence-corrected chi connectivity index (χ3v) is 6.06. The predicted octanol–water partition coefficient (Wildman–Crippen LogP) is 5.20. The minimum absolute atomic E-state index is 0.0538. The van der Waals surface area contributed by atoms with Gasteiger partial charge in [-0.15, -0.1) is 0 Å². The number of likely N-dealkylation sites (tertiary alicyclic amines) is 1. The van der Waals surface area contributed by atoms with Crippen LogP contribution < -0.4 is 0 Å². The standard InChI is InChI=1S/C26H29NO/c1-20-10-14-23(15-11-20)26(28,24-16-12-21(2)13-17-24)25-9-6-18-27(25)19-22-7-4-3-5-8-22/h3-5,7-8,10-17,25,28H,6,9,18-19H2,1-2H3/t25-/m0/s1. The Morgan fingerprint density at radius 3 is 1.89 bits per heavy atom. The smallest absolute Gasteiger partial charge is 0.130 e. The molecule has 1 N–H and O–H groups in total. The Morgan fingerprint density at radius 1 is 0.821 bits per heavy atom. The van der Waals surface area contributed by atoms with Crippen molar-refractivity contribution >= 4 is 0 Å². The molecule has 1 aliphatic rings. The monoisotopic (exact) mass is 371 g/mol. The summed E-state index contributed by atoms with van der Waals surface area (Å²) in [4.78, 5) is 2.45. The fourth-order valence-electron chi connectivity index (χ4n) is 4.47. The van der Waals surface area contributed by atoms with Gasteiger partial charge < -0.3 is 5.11 Å². The minimum atomic E-state index is -1.02. The molecule has 3 aromatic rings. The van der Waals surface area contributed by atoms with Crippen LogP contribution in [0.25, 0.3) is 0 Å². The lowest BCUT2D eigenvalue weighted by Crippen LogP contribution is -2.48. The summed E-state index contributed by atoms with van der Waals surface area (Å²) in [6.07, 6.45) is 2.10. The van der Waals surface area contributed by atoms with Crippen molar-refractivity contribution in [2.75, 3.05) is 6.54 Å². The maximum absolute atomic E-state index is 12.2. The topological polar surface area (TPSA) is 23.5 Å². The molecule has 2 heteroatoms. The molecule has 0 aliphatic carbocycles. The number of aliphatic hydroxyl groups is 1. The summed E-state index contributed by atoms with van der Waals surface area (Å²) in [5.41, 5.74) is 4.65. The van der Waals surface area contributed by atoms with E-state index in [2.05, 4.69) is 97.6 Å². The van der Waals surface area contributed by atoms with Gasteiger partial charge in [-0.25, -0.2) is 0 Å². The Kier molecular flexibility index (Phi) is 5.34. The van der Waals surface area contributed by atoms with Crippen LogP contribution in [0.3, 0.4) is 0 Å². The fourth-order valence-corrected chi connectivity index (χ4v) is 4.47. The van der Waals surface area contributed by atoms with Crippen LogP contribution in [0.2, 0.25) is 0 Å². The first-order chi connectivity index (χ1) is 13.6. The summed E-state index contributed by atoms with van der Waals surface area (Å²) in [6, 6.07) is 27.4. The second-order valence-electron chi connectivity index (χ2n) is 8.11. The van der Waals surface area contributed by atoms with Crippen molar-refractivity contribution in [3.8, 4) is 0 Å². The fraction of sp³-hybridized carbons (Fsp3) is 0.308. The van der Waals surface area contributed by atoms with E-state index in [1.54, 1.807) is 0 Å². The molecule has 4 rings (SSSR count). The second-order valence-corrected chi connectivity index (χ2v) is 8.11. The van der Waals surface area contributed by atoms with E-state index in [0.29, 0.717) is 0 Å². The number of hydrogen-bond acceptors (Lipinski definition) is 2. The Morgan fingerprint density at radius 2 is 1.36 bits per heavy atom. The molecule has 0 unspecified atom stereocenters. The Labute approximate surface area is 168 Å². The molecule has 28 heavy (non-hydrogen) atoms. The highest BCUT2D eigenvalue weighted by atomic mass is 16.3. The van der Waals surface area contributed by atoms with E-state index in [1.165, 1.54) is 16.7 Å². The van der Waals surface area contributed by atoms with Crippen LogP contribution in [0, 0.1) is 13.8 Å². The highest BCUT2D eigenvalue weighted by Gasteiger charge is 2.45. The van der Waals surface area contributed by atoms with Gasteiger partial charge in [0.25, 0.3) is 0 Å². The van der Waals surface area contributed by atoms with Crippen molar-refractivity contribution in [1.82, 2.24) is 4.90 Å². The summed E-state index contributed by atoms with van der Waals surface area (Å²) in [5, 5.41) is 12.2. The van der Waals surface area contributed by atoms with Gasteiger partial charge in [0.15, 0.2) is 0 Å². The molecular formula is C26H29NO. The zero-order chi connectivity index (χ0) is 19.6. The molecule has 0 bridgehead atoms. The largest absolute Gasteiger partial charge is 0.379 e. The average molecular weight is 372 g/mol. The molecule has 2 nitrogen and oxygen atoms in total. The van der Waals surface area contributed by atoms with E-state index in [4.69, 9.17) is 0 Å². The Balaban J connectivity index is 1.76. The van der Waals surface area contributed by atoms with Crippen molar-refractivity contribution in [1.29, 1.82) is 0 Å². The highest BCUT2D eigenvalue weighted by Crippen LogP contribution is 2.41. The molecule has 1 atom stereocenters. The normalized spacial score (nSPS) is 17.8. The summed E-state index contributed by atoms with van der Waals surface area (Å²) >= 11 is 0. The lowest BCUT2D eigenvalue weighted by atomic mass is 9.78. The van der Waals surface area contributed by atoms with E-state index in [9.17, 15) is 5.11 Å². The van der Waals surface area contributed by atoms with Crippen LogP contribution in [-0.2, 0) is 12.1 Å². The van der Waals surface area contributed by atoms with Gasteiger partial charge in [0, 0.05) is 12.6 Å². The van der Waals surface area contributed by atoms with E-state index in [-0.39, 0.29) is 6.04 Å². The van der Waals surface area contributed by atoms with Gasteiger partial charge >= 0.3 is 0 Å². The van der Waals surface area contributed by atoms with Crippen molar-refractivity contribution in [3.63, 3.8) is 0 Å². The van der Waals surface area contributed by atoms with Gasteiger partial charge in [-0.3, -0.25) is 4.90 Å². The molecule has 1 heterocycles. The van der Waals surface area contributed by atoms with Crippen LogP contribution in [0.15, 0.2) is 78.9 Å². The van der Waals surface area contributed by atoms with Gasteiger partial charge in [0.05, 0.1) is 0 Å². The molecule has 0 saturated carbocycles. The highest BCUT2D eigenvalue weighted by molar-refractivity contribution is 5.40. The quantitative estimate of drug-likeness (QED) is 0.666. The van der Waals surface area contributed by atoms with Gasteiger partial charge in [0.2, 0.25) is 0 Å². The number of rotatable bonds is 5. The molecule has 1 aliphatic heterocycles. The summed E-state index contributed by atoms with van der Waals surface area (Å²) in [5.74, 6) is 0. The maximum Gasteiger partial charge on any atom is 0.130 e. The molecule has 0 radical (unpaired) electrons. The minimum Gasteiger partial charge on any atom is -0.379 e. The number of nitrogens with zero attached hydrogens (tertiary/aromatic N) is 1. The van der Waals surface area contributed by atoms with Crippen LogP contribution in [0.4, 0.5) is 0 Å². The maximum atomic E-state index is 12.2. The second kappa shape index (κ2) is 7.90. The molecular weight excluding hydrogens is 342 g/mol. The van der Waals surface area contributed by atoms with Gasteiger partial charge in [0.1, 0.15) is 5.60 Å². The van der Waals surface area contributed by atoms with Gasteiger partial charge in [-0.1, -0.05) is 90.0 Å². The van der Waals surface area contributed by atoms with Crippen molar-refractivity contribution in [2.45, 2.75) is 44.9 Å². The molecule has 1 saturated heterocycles. The molecule has 1 fully saturated rings. The lowest BCUT2D eigenvalue weighted by molar-refractivity contribution is -0.00654. The molecule has 0 aromatic heterocycles. The first kappa shape index (κ1) is 18.9. The third kappa shape index (κ3) is 3.63. The average Bonchev–Trinajstić information content (AvgIpc) is 3.18. The zero-order valence-corrected chi connectivity index (χ0v) is 16.8. The Hall–Kier alpha value is -2.42. The summed E-state index contributed by atoms with van der Waals surface area (Å²) in [7, 11) is 0. The van der Waals surface area contributed by atoms with Crippen LogP contribution in [0.1, 0.15) is 40.7 Å². The first-order valence-corrected chi connectivity index (χ1v) is 10.2. The van der Waals surface area contributed by atoms with Crippen molar-refractivity contribution in [3.05, 3.63) is 107 Å². The van der Waals surface area contributed by atoms with Crippen LogP contribution >= 0.6 is 0 Å². The van der Waals surface area contributed by atoms with E-state index in [0.717, 1.165) is 37.1 Å². The number of aryl methyl sites for hydroxylation is 2. The van der Waals surface area contributed by atoms with Crippen molar-refractivity contribution < 1.29 is 5.11 Å². The molecule has 0 spiro atoms. The summed E-state index contributed by atoms with van der Waals surface area (Å²) in [6.45, 7) is 6.06. The predicted molar refractivity (Wildman–Crippen MR) is 115 cm³/mol. The number of hydrogen-bond donors (Lipinski definition) is 1. The van der Waals surface area contributed by atoms with Crippen molar-refractivity contribution in [2.24, 2.45) is 0 Å². The molecule has 144 valence electrons. The van der Waals surface area contributed by atoms with Gasteiger partial charge in [-0.2, -0.15) is 0 Å². The van der Waals surface area contributed by atoms with E-state index in [1.807, 2.05) is 0 Å². The zero-order valence-electron chi connectivity index (χ0n) is 16.8. The molecule has 0 amide bonds.